The van der Waals surface area contributed by atoms with Crippen LogP contribution < -0.4 is 16.0 Å². The molecule has 1 rings (SSSR count). The van der Waals surface area contributed by atoms with Gasteiger partial charge in [0.1, 0.15) is 6.04 Å². The van der Waals surface area contributed by atoms with Crippen LogP contribution in [-0.4, -0.2) is 54.3 Å². The Morgan fingerprint density at radius 3 is 2.41 bits per heavy atom. The first kappa shape index (κ1) is 24.8. The fourth-order valence-corrected chi connectivity index (χ4v) is 3.02. The zero-order chi connectivity index (χ0) is 21.5. The number of hydrogen-bond donors (Lipinski definition) is 3. The number of halogens is 1. The molecule has 0 heterocycles. The van der Waals surface area contributed by atoms with Crippen LogP contribution in [0, 0.1) is 0 Å². The molecule has 0 fully saturated rings. The SMILES string of the molecule is CCCN(CCCC[C@H](NC(C)=O)C(=O)NCc1ccccc1)C(=O)NCCCl. The predicted molar refractivity (Wildman–Crippen MR) is 116 cm³/mol. The van der Waals surface area contributed by atoms with E-state index in [1.165, 1.54) is 6.92 Å². The van der Waals surface area contributed by atoms with Gasteiger partial charge >= 0.3 is 6.03 Å². The van der Waals surface area contributed by atoms with Crippen molar-refractivity contribution < 1.29 is 14.4 Å². The van der Waals surface area contributed by atoms with Crippen molar-refractivity contribution in [2.24, 2.45) is 0 Å². The smallest absolute Gasteiger partial charge is 0.317 e. The molecule has 0 bridgehead atoms. The fraction of sp³-hybridized carbons (Fsp3) is 0.571. The first-order valence-corrected chi connectivity index (χ1v) is 10.7. The number of urea groups is 1. The topological polar surface area (TPSA) is 90.5 Å². The van der Waals surface area contributed by atoms with Gasteiger partial charge in [0.15, 0.2) is 0 Å². The Kier molecular flexibility index (Phi) is 12.5. The van der Waals surface area contributed by atoms with Gasteiger partial charge in [-0.25, -0.2) is 4.79 Å². The van der Waals surface area contributed by atoms with Crippen LogP contribution in [0.25, 0.3) is 0 Å². The third-order valence-electron chi connectivity index (χ3n) is 4.33. The largest absolute Gasteiger partial charge is 0.350 e. The highest BCUT2D eigenvalue weighted by Gasteiger charge is 2.19. The van der Waals surface area contributed by atoms with Crippen molar-refractivity contribution in [2.75, 3.05) is 25.5 Å². The van der Waals surface area contributed by atoms with Gasteiger partial charge < -0.3 is 20.9 Å². The molecule has 0 unspecified atom stereocenters. The minimum atomic E-state index is -0.582. The van der Waals surface area contributed by atoms with E-state index in [0.29, 0.717) is 44.9 Å². The minimum absolute atomic E-state index is 0.119. The molecular formula is C21H33ClN4O3. The number of nitrogens with one attached hydrogen (secondary N) is 3. The number of alkyl halides is 1. The van der Waals surface area contributed by atoms with E-state index in [0.717, 1.165) is 18.4 Å². The summed E-state index contributed by atoms with van der Waals surface area (Å²) in [5.74, 6) is -0.0606. The Labute approximate surface area is 178 Å². The van der Waals surface area contributed by atoms with Crippen molar-refractivity contribution >= 4 is 29.4 Å². The summed E-state index contributed by atoms with van der Waals surface area (Å²) in [6, 6.07) is 8.92. The molecule has 0 radical (unpaired) electrons. The highest BCUT2D eigenvalue weighted by atomic mass is 35.5. The lowest BCUT2D eigenvalue weighted by Gasteiger charge is -2.23. The molecule has 0 spiro atoms. The molecule has 1 aromatic carbocycles. The Morgan fingerprint density at radius 2 is 1.79 bits per heavy atom. The van der Waals surface area contributed by atoms with Gasteiger partial charge in [-0.1, -0.05) is 37.3 Å². The van der Waals surface area contributed by atoms with E-state index in [-0.39, 0.29) is 17.8 Å². The van der Waals surface area contributed by atoms with Gasteiger partial charge in [0, 0.05) is 39.0 Å². The van der Waals surface area contributed by atoms with Crippen LogP contribution in [0.3, 0.4) is 0 Å². The molecule has 1 atom stereocenters. The molecule has 0 saturated heterocycles. The number of carbonyl (C=O) groups is 3. The van der Waals surface area contributed by atoms with E-state index in [1.54, 1.807) is 4.90 Å². The van der Waals surface area contributed by atoms with Crippen molar-refractivity contribution in [3.63, 3.8) is 0 Å². The van der Waals surface area contributed by atoms with Crippen molar-refractivity contribution in [1.29, 1.82) is 0 Å². The van der Waals surface area contributed by atoms with Gasteiger partial charge in [-0.05, 0) is 31.2 Å². The second-order valence-corrected chi connectivity index (χ2v) is 7.24. The lowest BCUT2D eigenvalue weighted by molar-refractivity contribution is -0.128. The van der Waals surface area contributed by atoms with E-state index < -0.39 is 6.04 Å². The number of hydrogen-bond acceptors (Lipinski definition) is 3. The van der Waals surface area contributed by atoms with Gasteiger partial charge in [0.2, 0.25) is 11.8 Å². The number of unbranched alkanes of at least 4 members (excludes halogenated alkanes) is 1. The molecule has 162 valence electrons. The normalized spacial score (nSPS) is 11.4. The molecule has 0 saturated carbocycles. The molecule has 0 aliphatic carbocycles. The Hall–Kier alpha value is -2.28. The molecule has 3 N–H and O–H groups in total. The standard InChI is InChI=1S/C21H33ClN4O3/c1-3-14-26(21(29)23-13-12-22)15-8-7-11-19(25-17(2)27)20(28)24-16-18-9-5-4-6-10-18/h4-6,9-10,19H,3,7-8,11-16H2,1-2H3,(H,23,29)(H,24,28)(H,25,27)/t19-/m0/s1. The summed E-state index contributed by atoms with van der Waals surface area (Å²) in [5, 5.41) is 8.37. The van der Waals surface area contributed by atoms with Crippen LogP contribution in [-0.2, 0) is 16.1 Å². The van der Waals surface area contributed by atoms with Gasteiger partial charge in [-0.2, -0.15) is 0 Å². The summed E-state index contributed by atoms with van der Waals surface area (Å²) in [5.41, 5.74) is 1.00. The Morgan fingerprint density at radius 1 is 1.07 bits per heavy atom. The molecule has 4 amide bonds. The molecule has 0 aliphatic rings. The molecule has 7 nitrogen and oxygen atoms in total. The summed E-state index contributed by atoms with van der Waals surface area (Å²) in [6.07, 6.45) is 2.84. The number of carbonyl (C=O) groups excluding carboxylic acids is 3. The van der Waals surface area contributed by atoms with Crippen molar-refractivity contribution in [1.82, 2.24) is 20.9 Å². The average Bonchev–Trinajstić information content (AvgIpc) is 2.72. The maximum Gasteiger partial charge on any atom is 0.317 e. The average molecular weight is 425 g/mol. The zero-order valence-electron chi connectivity index (χ0n) is 17.4. The summed E-state index contributed by atoms with van der Waals surface area (Å²) < 4.78 is 0. The predicted octanol–water partition coefficient (Wildman–Crippen LogP) is 2.64. The van der Waals surface area contributed by atoms with Crippen molar-refractivity contribution in [3.05, 3.63) is 35.9 Å². The Balaban J connectivity index is 2.47. The highest BCUT2D eigenvalue weighted by molar-refractivity contribution is 6.18. The second-order valence-electron chi connectivity index (χ2n) is 6.86. The molecule has 1 aromatic rings. The summed E-state index contributed by atoms with van der Waals surface area (Å²) in [7, 11) is 0. The summed E-state index contributed by atoms with van der Waals surface area (Å²) in [4.78, 5) is 37.9. The number of amides is 4. The van der Waals surface area contributed by atoms with Crippen LogP contribution in [0.1, 0.15) is 45.1 Å². The van der Waals surface area contributed by atoms with Gasteiger partial charge in [-0.3, -0.25) is 9.59 Å². The second kappa shape index (κ2) is 14.7. The van der Waals surface area contributed by atoms with E-state index >= 15 is 0 Å². The quantitative estimate of drug-likeness (QED) is 0.336. The molecule has 0 aliphatic heterocycles. The van der Waals surface area contributed by atoms with E-state index in [4.69, 9.17) is 11.6 Å². The molecule has 29 heavy (non-hydrogen) atoms. The van der Waals surface area contributed by atoms with Crippen LogP contribution in [0.4, 0.5) is 4.79 Å². The summed E-state index contributed by atoms with van der Waals surface area (Å²) in [6.45, 7) is 5.54. The van der Waals surface area contributed by atoms with Crippen molar-refractivity contribution in [2.45, 2.75) is 52.1 Å². The number of benzene rings is 1. The summed E-state index contributed by atoms with van der Waals surface area (Å²) >= 11 is 5.62. The lowest BCUT2D eigenvalue weighted by atomic mass is 10.1. The maximum atomic E-state index is 12.5. The zero-order valence-corrected chi connectivity index (χ0v) is 18.1. The van der Waals surface area contributed by atoms with Gasteiger partial charge in [0.05, 0.1) is 0 Å². The lowest BCUT2D eigenvalue weighted by Crippen LogP contribution is -2.46. The third kappa shape index (κ3) is 10.7. The van der Waals surface area contributed by atoms with E-state index in [9.17, 15) is 14.4 Å². The van der Waals surface area contributed by atoms with Crippen LogP contribution in [0.15, 0.2) is 30.3 Å². The fourth-order valence-electron chi connectivity index (χ4n) is 2.92. The minimum Gasteiger partial charge on any atom is -0.350 e. The number of nitrogens with zero attached hydrogens (tertiary/aromatic N) is 1. The first-order valence-electron chi connectivity index (χ1n) is 10.1. The monoisotopic (exact) mass is 424 g/mol. The van der Waals surface area contributed by atoms with Crippen LogP contribution in [0.5, 0.6) is 0 Å². The Bertz CT molecular complexity index is 628. The molecule has 0 aromatic heterocycles. The molecular weight excluding hydrogens is 392 g/mol. The maximum absolute atomic E-state index is 12.5. The number of rotatable bonds is 13. The van der Waals surface area contributed by atoms with Gasteiger partial charge in [-0.15, -0.1) is 11.6 Å². The third-order valence-corrected chi connectivity index (χ3v) is 4.51. The van der Waals surface area contributed by atoms with E-state index in [1.807, 2.05) is 37.3 Å². The van der Waals surface area contributed by atoms with Crippen LogP contribution >= 0.6 is 11.6 Å². The first-order chi connectivity index (χ1) is 14.0. The van der Waals surface area contributed by atoms with Crippen molar-refractivity contribution in [3.8, 4) is 0 Å². The van der Waals surface area contributed by atoms with Crippen LogP contribution in [0.2, 0.25) is 0 Å². The van der Waals surface area contributed by atoms with E-state index in [2.05, 4.69) is 16.0 Å². The highest BCUT2D eigenvalue weighted by Crippen LogP contribution is 2.06. The molecule has 8 heteroatoms. The van der Waals surface area contributed by atoms with Gasteiger partial charge in [0.25, 0.3) is 0 Å².